The summed E-state index contributed by atoms with van der Waals surface area (Å²) < 4.78 is 8.85. The van der Waals surface area contributed by atoms with E-state index in [1.807, 2.05) is 48.5 Å². The van der Waals surface area contributed by atoms with E-state index < -0.39 is 0 Å². The van der Waals surface area contributed by atoms with Crippen LogP contribution in [0.1, 0.15) is 18.8 Å². The maximum atomic E-state index is 6.29. The molecular formula is C50H34N4O. The largest absolute Gasteiger partial charge is 0.456 e. The molecule has 0 N–H and O–H groups in total. The maximum absolute atomic E-state index is 6.29. The summed E-state index contributed by atoms with van der Waals surface area (Å²) in [5, 5.41) is 7.13. The first-order valence-electron chi connectivity index (χ1n) is 18.8. The molecule has 0 saturated carbocycles. The molecule has 0 aliphatic heterocycles. The quantitative estimate of drug-likeness (QED) is 0.179. The third kappa shape index (κ3) is 5.04. The van der Waals surface area contributed by atoms with Crippen LogP contribution in [0.3, 0.4) is 0 Å². The highest BCUT2D eigenvalue weighted by atomic mass is 16.3. The fourth-order valence-corrected chi connectivity index (χ4v) is 8.61. The van der Waals surface area contributed by atoms with E-state index in [0.29, 0.717) is 17.5 Å². The topological polar surface area (TPSA) is 56.7 Å². The van der Waals surface area contributed by atoms with Gasteiger partial charge in [-0.3, -0.25) is 0 Å². The van der Waals surface area contributed by atoms with Crippen LogP contribution < -0.4 is 0 Å². The van der Waals surface area contributed by atoms with Crippen molar-refractivity contribution < 1.29 is 4.42 Å². The Morgan fingerprint density at radius 2 is 1.13 bits per heavy atom. The van der Waals surface area contributed by atoms with Crippen LogP contribution in [0.5, 0.6) is 0 Å². The summed E-state index contributed by atoms with van der Waals surface area (Å²) in [6.07, 6.45) is 6.70. The summed E-state index contributed by atoms with van der Waals surface area (Å²) in [6.45, 7) is 2.30. The lowest BCUT2D eigenvalue weighted by molar-refractivity contribution is 0.520. The predicted molar refractivity (Wildman–Crippen MR) is 226 cm³/mol. The van der Waals surface area contributed by atoms with Crippen molar-refractivity contribution in [1.82, 2.24) is 19.5 Å². The molecule has 10 aromatic rings. The minimum absolute atomic E-state index is 0.0262. The van der Waals surface area contributed by atoms with E-state index in [1.54, 1.807) is 0 Å². The molecule has 2 atom stereocenters. The molecule has 0 bridgehead atoms. The summed E-state index contributed by atoms with van der Waals surface area (Å²) in [7, 11) is 0. The molecule has 55 heavy (non-hydrogen) atoms. The highest BCUT2D eigenvalue weighted by molar-refractivity contribution is 6.21. The Bertz CT molecular complexity index is 3110. The SMILES string of the molecule is CC1C(c2nc(-c3ccccc3)nc(-c3ccccc3)n2)=CC=CC1n1c2ccccc2c2cc3ccccc3c(-c3ccc4oc5ccccc5c4c3)c21. The minimum atomic E-state index is -0.0297. The van der Waals surface area contributed by atoms with Crippen LogP contribution in [-0.4, -0.2) is 19.5 Å². The number of rotatable bonds is 5. The average Bonchev–Trinajstić information content (AvgIpc) is 3.78. The van der Waals surface area contributed by atoms with Gasteiger partial charge in [0, 0.05) is 55.2 Å². The summed E-state index contributed by atoms with van der Waals surface area (Å²) in [4.78, 5) is 15.3. The molecule has 0 radical (unpaired) electrons. The third-order valence-electron chi connectivity index (χ3n) is 11.2. The predicted octanol–water partition coefficient (Wildman–Crippen LogP) is 12.9. The summed E-state index contributed by atoms with van der Waals surface area (Å²) in [5.74, 6) is 2.05. The van der Waals surface area contributed by atoms with Crippen LogP contribution in [-0.2, 0) is 0 Å². The Kier molecular flexibility index (Phi) is 7.14. The van der Waals surface area contributed by atoms with E-state index in [-0.39, 0.29) is 12.0 Å². The van der Waals surface area contributed by atoms with Gasteiger partial charge in [0.05, 0.1) is 11.6 Å². The lowest BCUT2D eigenvalue weighted by Crippen LogP contribution is -2.20. The Morgan fingerprint density at radius 3 is 1.89 bits per heavy atom. The lowest BCUT2D eigenvalue weighted by atomic mass is 9.87. The van der Waals surface area contributed by atoms with Crippen molar-refractivity contribution in [2.45, 2.75) is 13.0 Å². The molecule has 5 nitrogen and oxygen atoms in total. The van der Waals surface area contributed by atoms with Crippen LogP contribution in [0, 0.1) is 5.92 Å². The number of hydrogen-bond donors (Lipinski definition) is 0. The van der Waals surface area contributed by atoms with Gasteiger partial charge in [0.2, 0.25) is 0 Å². The fourth-order valence-electron chi connectivity index (χ4n) is 8.61. The van der Waals surface area contributed by atoms with Gasteiger partial charge in [-0.1, -0.05) is 153 Å². The van der Waals surface area contributed by atoms with Crippen LogP contribution in [0.2, 0.25) is 0 Å². The smallest absolute Gasteiger partial charge is 0.164 e. The third-order valence-corrected chi connectivity index (χ3v) is 11.2. The van der Waals surface area contributed by atoms with E-state index in [4.69, 9.17) is 19.4 Å². The number of fused-ring (bicyclic) bond motifs is 7. The second-order valence-corrected chi connectivity index (χ2v) is 14.4. The molecule has 0 spiro atoms. The van der Waals surface area contributed by atoms with Gasteiger partial charge in [-0.15, -0.1) is 0 Å². The van der Waals surface area contributed by atoms with Gasteiger partial charge >= 0.3 is 0 Å². The molecule has 1 aliphatic rings. The molecule has 5 heteroatoms. The number of hydrogen-bond acceptors (Lipinski definition) is 4. The van der Waals surface area contributed by atoms with Crippen molar-refractivity contribution in [3.63, 3.8) is 0 Å². The second-order valence-electron chi connectivity index (χ2n) is 14.4. The van der Waals surface area contributed by atoms with E-state index in [0.717, 1.165) is 44.2 Å². The van der Waals surface area contributed by atoms with Crippen LogP contribution in [0.4, 0.5) is 0 Å². The van der Waals surface area contributed by atoms with Gasteiger partial charge < -0.3 is 8.98 Å². The van der Waals surface area contributed by atoms with Crippen molar-refractivity contribution in [2.24, 2.45) is 5.92 Å². The number of nitrogens with zero attached hydrogens (tertiary/aromatic N) is 4. The zero-order chi connectivity index (χ0) is 36.5. The molecule has 0 amide bonds. The number of furan rings is 1. The number of allylic oxidation sites excluding steroid dienone is 4. The Morgan fingerprint density at radius 1 is 0.509 bits per heavy atom. The highest BCUT2D eigenvalue weighted by Gasteiger charge is 2.30. The van der Waals surface area contributed by atoms with Gasteiger partial charge in [0.15, 0.2) is 17.5 Å². The molecule has 11 rings (SSSR count). The Balaban J connectivity index is 1.14. The van der Waals surface area contributed by atoms with Crippen molar-refractivity contribution in [1.29, 1.82) is 0 Å². The maximum Gasteiger partial charge on any atom is 0.164 e. The van der Waals surface area contributed by atoms with Crippen LogP contribution in [0.25, 0.3) is 94.0 Å². The van der Waals surface area contributed by atoms with Crippen LogP contribution in [0.15, 0.2) is 180 Å². The highest BCUT2D eigenvalue weighted by Crippen LogP contribution is 2.47. The van der Waals surface area contributed by atoms with Crippen molar-refractivity contribution in [3.8, 4) is 33.9 Å². The van der Waals surface area contributed by atoms with E-state index >= 15 is 0 Å². The average molecular weight is 707 g/mol. The van der Waals surface area contributed by atoms with Gasteiger partial charge in [-0.05, 0) is 46.7 Å². The van der Waals surface area contributed by atoms with E-state index in [2.05, 4.69) is 139 Å². The molecule has 260 valence electrons. The van der Waals surface area contributed by atoms with Gasteiger partial charge in [0.1, 0.15) is 11.2 Å². The Hall–Kier alpha value is -7.11. The zero-order valence-corrected chi connectivity index (χ0v) is 30.1. The number of para-hydroxylation sites is 2. The molecular weight excluding hydrogens is 673 g/mol. The first-order chi connectivity index (χ1) is 27.2. The van der Waals surface area contributed by atoms with E-state index in [1.165, 1.54) is 38.1 Å². The minimum Gasteiger partial charge on any atom is -0.456 e. The molecule has 1 aliphatic carbocycles. The van der Waals surface area contributed by atoms with Crippen LogP contribution >= 0.6 is 0 Å². The van der Waals surface area contributed by atoms with Gasteiger partial charge in [-0.2, -0.15) is 0 Å². The zero-order valence-electron chi connectivity index (χ0n) is 30.1. The Labute approximate surface area is 317 Å². The molecule has 3 heterocycles. The first-order valence-corrected chi connectivity index (χ1v) is 18.8. The monoisotopic (exact) mass is 706 g/mol. The fraction of sp³-hybridized carbons (Fsp3) is 0.0600. The van der Waals surface area contributed by atoms with E-state index in [9.17, 15) is 0 Å². The molecule has 0 fully saturated rings. The number of benzene rings is 7. The summed E-state index contributed by atoms with van der Waals surface area (Å²) >= 11 is 0. The van der Waals surface area contributed by atoms with Gasteiger partial charge in [-0.25, -0.2) is 15.0 Å². The standard InChI is InChI=1S/C50H34N4O/c1-31-36(50-52-48(32-15-4-2-5-16-32)51-49(53-50)33-17-6-3-7-18-33)23-14-25-42(31)54-43-24-12-10-21-38(43)41-29-34-19-8-9-20-37(34)46(47(41)54)35-27-28-45-40(30-35)39-22-11-13-26-44(39)55-45/h2-31,42H,1H3. The van der Waals surface area contributed by atoms with Crippen molar-refractivity contribution in [3.05, 3.63) is 182 Å². The summed E-state index contributed by atoms with van der Waals surface area (Å²) in [6, 6.07) is 55.3. The number of aromatic nitrogens is 4. The molecule has 2 unspecified atom stereocenters. The molecule has 0 saturated heterocycles. The normalized spacial score (nSPS) is 15.8. The summed E-state index contributed by atoms with van der Waals surface area (Å²) in [5.41, 5.74) is 9.55. The lowest BCUT2D eigenvalue weighted by Gasteiger charge is -2.29. The van der Waals surface area contributed by atoms with Gasteiger partial charge in [0.25, 0.3) is 0 Å². The second kappa shape index (κ2) is 12.5. The molecule has 7 aromatic carbocycles. The van der Waals surface area contributed by atoms with Crippen molar-refractivity contribution >= 4 is 60.1 Å². The van der Waals surface area contributed by atoms with Crippen molar-refractivity contribution in [2.75, 3.05) is 0 Å². The first kappa shape index (κ1) is 31.4. The molecule has 3 aromatic heterocycles.